The highest BCUT2D eigenvalue weighted by Crippen LogP contribution is 2.37. The summed E-state index contributed by atoms with van der Waals surface area (Å²) >= 11 is 0. The van der Waals surface area contributed by atoms with Crippen molar-refractivity contribution in [3.8, 4) is 17.0 Å². The lowest BCUT2D eigenvalue weighted by Gasteiger charge is -2.21. The predicted molar refractivity (Wildman–Crippen MR) is 163 cm³/mol. The molecule has 1 aromatic heterocycles. The van der Waals surface area contributed by atoms with Crippen LogP contribution in [0.5, 0.6) is 5.75 Å². The van der Waals surface area contributed by atoms with Crippen molar-refractivity contribution in [2.24, 2.45) is 0 Å². The molecule has 0 aliphatic carbocycles. The van der Waals surface area contributed by atoms with Crippen LogP contribution in [0.1, 0.15) is 40.9 Å². The average molecular weight is 544 g/mol. The molecule has 2 N–H and O–H groups in total. The van der Waals surface area contributed by atoms with Crippen LogP contribution < -0.4 is 15.4 Å². The van der Waals surface area contributed by atoms with E-state index in [4.69, 9.17) is 9.72 Å². The number of amides is 2. The molecular formula is C35H33N3O3. The summed E-state index contributed by atoms with van der Waals surface area (Å²) in [5.74, 6) is 0.0681. The van der Waals surface area contributed by atoms with Gasteiger partial charge in [0.05, 0.1) is 30.1 Å². The highest BCUT2D eigenvalue weighted by Gasteiger charge is 2.25. The summed E-state index contributed by atoms with van der Waals surface area (Å²) in [5, 5.41) is 6.86. The second-order valence-corrected chi connectivity index (χ2v) is 9.75. The molecule has 4 aromatic carbocycles. The molecular weight excluding hydrogens is 510 g/mol. The van der Waals surface area contributed by atoms with Crippen molar-refractivity contribution >= 4 is 22.7 Å². The van der Waals surface area contributed by atoms with Crippen molar-refractivity contribution in [3.63, 3.8) is 0 Å². The van der Waals surface area contributed by atoms with E-state index in [1.54, 1.807) is 0 Å². The molecule has 5 aromatic rings. The molecule has 0 spiro atoms. The number of fused-ring (bicyclic) bond motifs is 1. The van der Waals surface area contributed by atoms with Crippen LogP contribution in [0.4, 0.5) is 0 Å². The molecule has 0 bridgehead atoms. The number of rotatable bonds is 11. The zero-order valence-corrected chi connectivity index (χ0v) is 23.0. The monoisotopic (exact) mass is 543 g/mol. The number of nitrogens with one attached hydrogen (secondary N) is 2. The minimum absolute atomic E-state index is 0.0914. The lowest BCUT2D eigenvalue weighted by atomic mass is 10.00. The summed E-state index contributed by atoms with van der Waals surface area (Å²) < 4.78 is 6.34. The summed E-state index contributed by atoms with van der Waals surface area (Å²) in [6.45, 7) is 2.51. The summed E-state index contributed by atoms with van der Waals surface area (Å²) in [7, 11) is 0. The van der Waals surface area contributed by atoms with Gasteiger partial charge in [-0.15, -0.1) is 0 Å². The Balaban J connectivity index is 1.46. The number of ether oxygens (including phenoxy) is 1. The molecule has 5 rings (SSSR count). The Bertz CT molecular complexity index is 1610. The quantitative estimate of drug-likeness (QED) is 0.186. The number of para-hydroxylation sites is 1. The first-order chi connectivity index (χ1) is 20.1. The molecule has 6 nitrogen and oxygen atoms in total. The average Bonchev–Trinajstić information content (AvgIpc) is 3.02. The number of pyridine rings is 1. The molecule has 0 unspecified atom stereocenters. The van der Waals surface area contributed by atoms with Gasteiger partial charge in [-0.3, -0.25) is 9.59 Å². The molecule has 41 heavy (non-hydrogen) atoms. The number of benzene rings is 4. The van der Waals surface area contributed by atoms with E-state index in [2.05, 4.69) is 10.6 Å². The molecule has 206 valence electrons. The third-order valence-electron chi connectivity index (χ3n) is 6.92. The van der Waals surface area contributed by atoms with E-state index < -0.39 is 0 Å². The standard InChI is InChI=1S/C35H33N3O3/c1-2-29(26-16-8-4-9-17-26)38-35(40)32-28-20-12-13-21-30(28)37-33(27-18-10-5-11-19-27)34(32)41-23-22-36-31(39)24-25-14-6-3-7-15-25/h3-21,29H,2,22-24H2,1H3,(H,36,39)(H,38,40)/t29-/m0/s1. The molecule has 0 radical (unpaired) electrons. The molecule has 0 aliphatic heterocycles. The smallest absolute Gasteiger partial charge is 0.256 e. The van der Waals surface area contributed by atoms with Gasteiger partial charge in [-0.2, -0.15) is 0 Å². The van der Waals surface area contributed by atoms with Gasteiger partial charge < -0.3 is 15.4 Å². The van der Waals surface area contributed by atoms with Gasteiger partial charge in [-0.1, -0.05) is 116 Å². The largest absolute Gasteiger partial charge is 0.489 e. The first-order valence-electron chi connectivity index (χ1n) is 13.9. The Morgan fingerprint density at radius 3 is 2.15 bits per heavy atom. The molecule has 2 amide bonds. The Hall–Kier alpha value is -4.97. The highest BCUT2D eigenvalue weighted by molar-refractivity contribution is 6.10. The van der Waals surface area contributed by atoms with Crippen molar-refractivity contribution < 1.29 is 14.3 Å². The molecule has 0 fully saturated rings. The number of carbonyl (C=O) groups is 2. The Kier molecular flexibility index (Phi) is 9.01. The van der Waals surface area contributed by atoms with Crippen LogP contribution in [-0.2, 0) is 11.2 Å². The van der Waals surface area contributed by atoms with Gasteiger partial charge in [0.25, 0.3) is 5.91 Å². The van der Waals surface area contributed by atoms with Crippen LogP contribution in [-0.4, -0.2) is 29.9 Å². The fourth-order valence-electron chi connectivity index (χ4n) is 4.88. The first-order valence-corrected chi connectivity index (χ1v) is 13.9. The summed E-state index contributed by atoms with van der Waals surface area (Å²) in [5.41, 5.74) is 4.53. The van der Waals surface area contributed by atoms with Crippen LogP contribution in [0.25, 0.3) is 22.2 Å². The molecule has 0 saturated carbocycles. The van der Waals surface area contributed by atoms with E-state index >= 15 is 0 Å². The van der Waals surface area contributed by atoms with E-state index in [1.165, 1.54) is 0 Å². The second-order valence-electron chi connectivity index (χ2n) is 9.75. The van der Waals surface area contributed by atoms with Crippen LogP contribution >= 0.6 is 0 Å². The van der Waals surface area contributed by atoms with Gasteiger partial charge >= 0.3 is 0 Å². The number of carbonyl (C=O) groups excluding carboxylic acids is 2. The Morgan fingerprint density at radius 1 is 0.805 bits per heavy atom. The lowest BCUT2D eigenvalue weighted by molar-refractivity contribution is -0.120. The third-order valence-corrected chi connectivity index (χ3v) is 6.92. The van der Waals surface area contributed by atoms with Crippen molar-refractivity contribution in [1.29, 1.82) is 0 Å². The van der Waals surface area contributed by atoms with Crippen molar-refractivity contribution in [2.75, 3.05) is 13.2 Å². The zero-order chi connectivity index (χ0) is 28.4. The van der Waals surface area contributed by atoms with Gasteiger partial charge in [0.15, 0.2) is 5.75 Å². The zero-order valence-electron chi connectivity index (χ0n) is 23.0. The number of hydrogen-bond donors (Lipinski definition) is 2. The van der Waals surface area contributed by atoms with E-state index in [0.29, 0.717) is 34.3 Å². The van der Waals surface area contributed by atoms with E-state index in [1.807, 2.05) is 122 Å². The number of hydrogen-bond acceptors (Lipinski definition) is 4. The van der Waals surface area contributed by atoms with Crippen molar-refractivity contribution in [3.05, 3.63) is 132 Å². The van der Waals surface area contributed by atoms with Crippen molar-refractivity contribution in [2.45, 2.75) is 25.8 Å². The SMILES string of the molecule is CC[C@H](NC(=O)c1c(OCCNC(=O)Cc2ccccc2)c(-c2ccccc2)nc2ccccc12)c1ccccc1. The van der Waals surface area contributed by atoms with Gasteiger partial charge in [0.2, 0.25) is 5.91 Å². The molecule has 0 saturated heterocycles. The van der Waals surface area contributed by atoms with E-state index in [0.717, 1.165) is 23.1 Å². The topological polar surface area (TPSA) is 80.3 Å². The molecule has 1 heterocycles. The van der Waals surface area contributed by atoms with Crippen LogP contribution in [0.2, 0.25) is 0 Å². The van der Waals surface area contributed by atoms with Crippen LogP contribution in [0.15, 0.2) is 115 Å². The minimum Gasteiger partial charge on any atom is -0.489 e. The maximum Gasteiger partial charge on any atom is 0.256 e. The summed E-state index contributed by atoms with van der Waals surface area (Å²) in [6.07, 6.45) is 1.02. The predicted octanol–water partition coefficient (Wildman–Crippen LogP) is 6.52. The van der Waals surface area contributed by atoms with Crippen molar-refractivity contribution in [1.82, 2.24) is 15.6 Å². The summed E-state index contributed by atoms with van der Waals surface area (Å²) in [4.78, 5) is 31.5. The lowest BCUT2D eigenvalue weighted by Crippen LogP contribution is -2.31. The van der Waals surface area contributed by atoms with Gasteiger partial charge in [-0.05, 0) is 23.6 Å². The Morgan fingerprint density at radius 2 is 1.44 bits per heavy atom. The number of nitrogens with zero attached hydrogens (tertiary/aromatic N) is 1. The Labute approximate surface area is 240 Å². The fraction of sp³-hybridized carbons (Fsp3) is 0.171. The minimum atomic E-state index is -0.236. The first kappa shape index (κ1) is 27.6. The van der Waals surface area contributed by atoms with Crippen LogP contribution in [0.3, 0.4) is 0 Å². The second kappa shape index (κ2) is 13.4. The highest BCUT2D eigenvalue weighted by atomic mass is 16.5. The molecule has 1 atom stereocenters. The molecule has 0 aliphatic rings. The maximum absolute atomic E-state index is 14.1. The van der Waals surface area contributed by atoms with Gasteiger partial charge in [0.1, 0.15) is 12.3 Å². The maximum atomic E-state index is 14.1. The van der Waals surface area contributed by atoms with E-state index in [9.17, 15) is 9.59 Å². The van der Waals surface area contributed by atoms with Gasteiger partial charge in [0, 0.05) is 10.9 Å². The normalized spacial score (nSPS) is 11.5. The third kappa shape index (κ3) is 6.79. The van der Waals surface area contributed by atoms with Gasteiger partial charge in [-0.25, -0.2) is 4.98 Å². The molecule has 6 heteroatoms. The van der Waals surface area contributed by atoms with Crippen LogP contribution in [0, 0.1) is 0 Å². The van der Waals surface area contributed by atoms with E-state index in [-0.39, 0.29) is 31.0 Å². The fourth-order valence-corrected chi connectivity index (χ4v) is 4.88. The number of aromatic nitrogens is 1. The summed E-state index contributed by atoms with van der Waals surface area (Å²) in [6, 6.07) is 36.7.